The van der Waals surface area contributed by atoms with Crippen LogP contribution >= 0.6 is 11.3 Å². The van der Waals surface area contributed by atoms with Crippen LogP contribution in [0.4, 0.5) is 0 Å². The van der Waals surface area contributed by atoms with Crippen molar-refractivity contribution in [3.8, 4) is 0 Å². The molecular formula is C12H19NO2S. The molecule has 0 aromatic carbocycles. The van der Waals surface area contributed by atoms with Gasteiger partial charge in [-0.15, -0.1) is 11.3 Å². The molecule has 0 spiro atoms. The molecule has 0 aliphatic carbocycles. The highest BCUT2D eigenvalue weighted by molar-refractivity contribution is 7.09. The number of aliphatic hydroxyl groups excluding tert-OH is 1. The van der Waals surface area contributed by atoms with Crippen LogP contribution in [0.25, 0.3) is 0 Å². The van der Waals surface area contributed by atoms with Gasteiger partial charge in [-0.3, -0.25) is 0 Å². The average molecular weight is 241 g/mol. The van der Waals surface area contributed by atoms with Gasteiger partial charge in [0, 0.05) is 17.2 Å². The summed E-state index contributed by atoms with van der Waals surface area (Å²) in [6.07, 6.45) is 1.89. The number of nitrogens with zero attached hydrogens (tertiary/aromatic N) is 1. The van der Waals surface area contributed by atoms with E-state index in [1.165, 1.54) is 5.69 Å². The van der Waals surface area contributed by atoms with E-state index in [4.69, 9.17) is 4.74 Å². The number of ether oxygens (including phenoxy) is 1. The summed E-state index contributed by atoms with van der Waals surface area (Å²) < 4.78 is 5.19. The first-order valence-electron chi connectivity index (χ1n) is 5.75. The van der Waals surface area contributed by atoms with Crippen molar-refractivity contribution in [1.29, 1.82) is 0 Å². The van der Waals surface area contributed by atoms with Gasteiger partial charge in [-0.1, -0.05) is 13.8 Å². The van der Waals surface area contributed by atoms with Crippen LogP contribution in [0.2, 0.25) is 0 Å². The summed E-state index contributed by atoms with van der Waals surface area (Å²) in [5.74, 6) is 0.647. The van der Waals surface area contributed by atoms with Crippen molar-refractivity contribution in [1.82, 2.24) is 4.98 Å². The van der Waals surface area contributed by atoms with Crippen LogP contribution in [0, 0.1) is 11.3 Å². The molecule has 0 saturated carbocycles. The Morgan fingerprint density at radius 2 is 2.31 bits per heavy atom. The van der Waals surface area contributed by atoms with E-state index in [1.807, 2.05) is 0 Å². The normalized spacial score (nSPS) is 18.8. The summed E-state index contributed by atoms with van der Waals surface area (Å²) in [5.41, 5.74) is 1.13. The maximum Gasteiger partial charge on any atom is 0.0936 e. The van der Waals surface area contributed by atoms with Crippen molar-refractivity contribution in [3.63, 3.8) is 0 Å². The third-order valence-corrected chi connectivity index (χ3v) is 3.79. The van der Waals surface area contributed by atoms with Gasteiger partial charge in [0.1, 0.15) is 0 Å². The smallest absolute Gasteiger partial charge is 0.0936 e. The van der Waals surface area contributed by atoms with Crippen LogP contribution in [-0.2, 0) is 17.6 Å². The van der Waals surface area contributed by atoms with Crippen LogP contribution in [0.3, 0.4) is 0 Å². The summed E-state index contributed by atoms with van der Waals surface area (Å²) >= 11 is 1.71. The van der Waals surface area contributed by atoms with Gasteiger partial charge in [-0.25, -0.2) is 4.98 Å². The van der Waals surface area contributed by atoms with Crippen molar-refractivity contribution in [3.05, 3.63) is 16.1 Å². The van der Waals surface area contributed by atoms with E-state index in [0.717, 1.165) is 17.8 Å². The van der Waals surface area contributed by atoms with Crippen molar-refractivity contribution >= 4 is 11.3 Å². The molecule has 3 nitrogen and oxygen atoms in total. The summed E-state index contributed by atoms with van der Waals surface area (Å²) in [6.45, 7) is 5.94. The predicted molar refractivity (Wildman–Crippen MR) is 64.7 cm³/mol. The maximum absolute atomic E-state index is 9.35. The minimum absolute atomic E-state index is 0.0487. The van der Waals surface area contributed by atoms with E-state index >= 15 is 0 Å². The Kier molecular flexibility index (Phi) is 3.62. The minimum atomic E-state index is -0.0487. The third-order valence-electron chi connectivity index (χ3n) is 2.89. The highest BCUT2D eigenvalue weighted by Crippen LogP contribution is 2.32. The highest BCUT2D eigenvalue weighted by Gasteiger charge is 2.38. The molecule has 0 bridgehead atoms. The number of hydrogen-bond acceptors (Lipinski definition) is 4. The van der Waals surface area contributed by atoms with Crippen molar-refractivity contribution in [2.75, 3.05) is 19.8 Å². The molecule has 16 heavy (non-hydrogen) atoms. The Morgan fingerprint density at radius 3 is 2.81 bits per heavy atom. The second-order valence-electron chi connectivity index (χ2n) is 5.16. The standard InChI is InChI=1S/C12H19NO2S/c1-9(2)3-10-5-16-11(13-10)4-12(6-14)7-15-8-12/h5,9,14H,3-4,6-8H2,1-2H3. The Labute approximate surface area is 100 Å². The molecule has 1 fully saturated rings. The lowest BCUT2D eigenvalue weighted by Gasteiger charge is -2.39. The van der Waals surface area contributed by atoms with E-state index in [0.29, 0.717) is 19.1 Å². The number of aliphatic hydroxyl groups is 1. The van der Waals surface area contributed by atoms with Crippen molar-refractivity contribution < 1.29 is 9.84 Å². The van der Waals surface area contributed by atoms with E-state index in [2.05, 4.69) is 24.2 Å². The molecule has 1 aromatic heterocycles. The SMILES string of the molecule is CC(C)Cc1csc(CC2(CO)COC2)n1. The Hall–Kier alpha value is -0.450. The average Bonchev–Trinajstić information content (AvgIpc) is 2.58. The van der Waals surface area contributed by atoms with Crippen LogP contribution in [0.1, 0.15) is 24.5 Å². The zero-order valence-corrected chi connectivity index (χ0v) is 10.7. The van der Waals surface area contributed by atoms with Crippen molar-refractivity contribution in [2.24, 2.45) is 11.3 Å². The Bertz CT molecular complexity index is 339. The molecule has 2 rings (SSSR count). The van der Waals surface area contributed by atoms with Crippen LogP contribution in [0.5, 0.6) is 0 Å². The second-order valence-corrected chi connectivity index (χ2v) is 6.10. The lowest BCUT2D eigenvalue weighted by atomic mass is 9.84. The lowest BCUT2D eigenvalue weighted by molar-refractivity contribution is -0.136. The monoisotopic (exact) mass is 241 g/mol. The Morgan fingerprint density at radius 1 is 1.56 bits per heavy atom. The van der Waals surface area contributed by atoms with Gasteiger partial charge in [0.05, 0.1) is 30.5 Å². The first-order chi connectivity index (χ1) is 7.63. The summed E-state index contributed by atoms with van der Waals surface area (Å²) in [7, 11) is 0. The first kappa shape index (κ1) is 12.0. The van der Waals surface area contributed by atoms with Gasteiger partial charge >= 0.3 is 0 Å². The fourth-order valence-electron chi connectivity index (χ4n) is 1.90. The summed E-state index contributed by atoms with van der Waals surface area (Å²) in [4.78, 5) is 4.62. The van der Waals surface area contributed by atoms with Crippen LogP contribution in [-0.4, -0.2) is 29.9 Å². The zero-order valence-electron chi connectivity index (χ0n) is 9.90. The molecule has 0 amide bonds. The molecule has 0 unspecified atom stereocenters. The van der Waals surface area contributed by atoms with Crippen LogP contribution < -0.4 is 0 Å². The van der Waals surface area contributed by atoms with Gasteiger partial charge in [0.15, 0.2) is 0 Å². The number of rotatable bonds is 5. The molecule has 4 heteroatoms. The number of aromatic nitrogens is 1. The Balaban J connectivity index is 1.97. The molecule has 1 saturated heterocycles. The number of hydrogen-bond donors (Lipinski definition) is 1. The van der Waals surface area contributed by atoms with Crippen molar-refractivity contribution in [2.45, 2.75) is 26.7 Å². The molecule has 90 valence electrons. The zero-order chi connectivity index (χ0) is 11.6. The number of thiazole rings is 1. The largest absolute Gasteiger partial charge is 0.396 e. The second kappa shape index (κ2) is 4.82. The molecular weight excluding hydrogens is 222 g/mol. The fourth-order valence-corrected chi connectivity index (χ4v) is 2.88. The van der Waals surface area contributed by atoms with E-state index in [1.54, 1.807) is 11.3 Å². The lowest BCUT2D eigenvalue weighted by Crippen LogP contribution is -2.47. The van der Waals surface area contributed by atoms with Gasteiger partial charge < -0.3 is 9.84 Å². The van der Waals surface area contributed by atoms with E-state index in [9.17, 15) is 5.11 Å². The minimum Gasteiger partial charge on any atom is -0.396 e. The summed E-state index contributed by atoms with van der Waals surface area (Å²) in [5, 5.41) is 12.6. The first-order valence-corrected chi connectivity index (χ1v) is 6.63. The third kappa shape index (κ3) is 2.62. The molecule has 1 aliphatic heterocycles. The van der Waals surface area contributed by atoms with Gasteiger partial charge in [0.25, 0.3) is 0 Å². The highest BCUT2D eigenvalue weighted by atomic mass is 32.1. The quantitative estimate of drug-likeness (QED) is 0.856. The molecule has 2 heterocycles. The van der Waals surface area contributed by atoms with Gasteiger partial charge in [-0.2, -0.15) is 0 Å². The van der Waals surface area contributed by atoms with E-state index in [-0.39, 0.29) is 12.0 Å². The molecule has 1 aliphatic rings. The maximum atomic E-state index is 9.35. The molecule has 1 N–H and O–H groups in total. The molecule has 1 aromatic rings. The predicted octanol–water partition coefficient (Wildman–Crippen LogP) is 1.89. The molecule has 0 atom stereocenters. The van der Waals surface area contributed by atoms with Crippen LogP contribution in [0.15, 0.2) is 5.38 Å². The van der Waals surface area contributed by atoms with Gasteiger partial charge in [-0.05, 0) is 12.3 Å². The fraction of sp³-hybridized carbons (Fsp3) is 0.750. The topological polar surface area (TPSA) is 42.4 Å². The van der Waals surface area contributed by atoms with E-state index < -0.39 is 0 Å². The summed E-state index contributed by atoms with van der Waals surface area (Å²) in [6, 6.07) is 0. The van der Waals surface area contributed by atoms with Gasteiger partial charge in [0.2, 0.25) is 0 Å². The molecule has 0 radical (unpaired) electrons.